The van der Waals surface area contributed by atoms with Gasteiger partial charge in [0.2, 0.25) is 5.95 Å². The molecule has 4 aromatic rings. The molecule has 0 aliphatic heterocycles. The van der Waals surface area contributed by atoms with Crippen molar-refractivity contribution in [3.63, 3.8) is 0 Å². The average molecular weight is 470 g/mol. The minimum Gasteiger partial charge on any atom is -0.495 e. The molecule has 0 saturated carbocycles. The van der Waals surface area contributed by atoms with Crippen molar-refractivity contribution in [2.45, 2.75) is 6.54 Å². The van der Waals surface area contributed by atoms with Crippen LogP contribution >= 0.6 is 23.2 Å². The highest BCUT2D eigenvalue weighted by Gasteiger charge is 2.18. The summed E-state index contributed by atoms with van der Waals surface area (Å²) in [6.45, 7) is 0.337. The maximum atomic E-state index is 6.60. The van der Waals surface area contributed by atoms with Crippen LogP contribution in [0.15, 0.2) is 42.6 Å². The van der Waals surface area contributed by atoms with Gasteiger partial charge >= 0.3 is 0 Å². The summed E-state index contributed by atoms with van der Waals surface area (Å²) >= 11 is 13.2. The first-order chi connectivity index (χ1) is 15.4. The summed E-state index contributed by atoms with van der Waals surface area (Å²) in [5, 5.41) is 5.92. The molecule has 0 aliphatic rings. The van der Waals surface area contributed by atoms with E-state index in [9.17, 15) is 0 Å². The second-order valence-corrected chi connectivity index (χ2v) is 7.60. The Morgan fingerprint density at radius 2 is 1.69 bits per heavy atom. The molecule has 0 spiro atoms. The van der Waals surface area contributed by atoms with Crippen molar-refractivity contribution in [1.29, 1.82) is 0 Å². The van der Waals surface area contributed by atoms with Gasteiger partial charge in [0.05, 0.1) is 29.8 Å². The third-order valence-corrected chi connectivity index (χ3v) is 5.51. The molecule has 4 N–H and O–H groups in total. The maximum Gasteiger partial charge on any atom is 0.220 e. The topological polar surface area (TPSA) is 123 Å². The van der Waals surface area contributed by atoms with Crippen molar-refractivity contribution in [3.8, 4) is 22.8 Å². The van der Waals surface area contributed by atoms with Gasteiger partial charge in [0.15, 0.2) is 0 Å². The van der Waals surface area contributed by atoms with E-state index in [0.29, 0.717) is 61.8 Å². The van der Waals surface area contributed by atoms with Crippen LogP contribution in [0.5, 0.6) is 11.5 Å². The van der Waals surface area contributed by atoms with Crippen LogP contribution in [-0.2, 0) is 6.54 Å². The van der Waals surface area contributed by atoms with Gasteiger partial charge in [-0.05, 0) is 41.8 Å². The number of pyridine rings is 1. The van der Waals surface area contributed by atoms with Gasteiger partial charge in [-0.1, -0.05) is 35.3 Å². The van der Waals surface area contributed by atoms with E-state index >= 15 is 0 Å². The Balaban J connectivity index is 1.88. The molecule has 0 fully saturated rings. The Labute approximate surface area is 194 Å². The van der Waals surface area contributed by atoms with E-state index in [0.717, 1.165) is 5.56 Å². The van der Waals surface area contributed by atoms with E-state index in [-0.39, 0.29) is 5.95 Å². The lowest BCUT2D eigenvalue weighted by atomic mass is 10.1. The monoisotopic (exact) mass is 469 g/mol. The van der Waals surface area contributed by atoms with E-state index in [1.807, 2.05) is 24.3 Å². The molecule has 0 radical (unpaired) electrons. The Hall–Kier alpha value is -3.49. The van der Waals surface area contributed by atoms with Gasteiger partial charge in [-0.3, -0.25) is 0 Å². The van der Waals surface area contributed by atoms with Gasteiger partial charge in [-0.2, -0.15) is 0 Å². The highest BCUT2D eigenvalue weighted by molar-refractivity contribution is 6.41. The largest absolute Gasteiger partial charge is 0.495 e. The number of hydrogen-bond donors (Lipinski definition) is 2. The van der Waals surface area contributed by atoms with Crippen molar-refractivity contribution in [1.82, 2.24) is 15.0 Å². The molecule has 2 aromatic carbocycles. The zero-order valence-electron chi connectivity index (χ0n) is 17.3. The molecule has 8 nitrogen and oxygen atoms in total. The third kappa shape index (κ3) is 4.15. The second-order valence-electron chi connectivity index (χ2n) is 6.84. The van der Waals surface area contributed by atoms with Crippen LogP contribution in [0.3, 0.4) is 0 Å². The SMILES string of the molecule is COc1cc(OC)c(Cl)c(-c2cc3cnc(N)nc3c([N-]Cc3cccc(N)c3)n2)c1Cl. The quantitative estimate of drug-likeness (QED) is 0.362. The smallest absolute Gasteiger partial charge is 0.220 e. The zero-order valence-corrected chi connectivity index (χ0v) is 18.8. The van der Waals surface area contributed by atoms with E-state index in [2.05, 4.69) is 15.3 Å². The average Bonchev–Trinajstić information content (AvgIpc) is 2.78. The lowest BCUT2D eigenvalue weighted by Gasteiger charge is -2.22. The number of benzene rings is 2. The number of rotatable bonds is 6. The predicted molar refractivity (Wildman–Crippen MR) is 128 cm³/mol. The molecule has 10 heteroatoms. The first-order valence-electron chi connectivity index (χ1n) is 9.46. The van der Waals surface area contributed by atoms with Crippen molar-refractivity contribution in [3.05, 3.63) is 63.5 Å². The number of ether oxygens (including phenoxy) is 2. The Kier molecular flexibility index (Phi) is 6.07. The second kappa shape index (κ2) is 8.94. The van der Waals surface area contributed by atoms with Crippen LogP contribution in [0.4, 0.5) is 17.5 Å². The molecule has 32 heavy (non-hydrogen) atoms. The zero-order chi connectivity index (χ0) is 22.8. The van der Waals surface area contributed by atoms with Crippen molar-refractivity contribution >= 4 is 51.6 Å². The number of halogens is 2. The minimum atomic E-state index is 0.117. The molecule has 0 atom stereocenters. The summed E-state index contributed by atoms with van der Waals surface area (Å²) in [5.41, 5.74) is 14.7. The van der Waals surface area contributed by atoms with Crippen molar-refractivity contribution < 1.29 is 9.47 Å². The number of methoxy groups -OCH3 is 2. The number of fused-ring (bicyclic) bond motifs is 1. The molecule has 2 aromatic heterocycles. The van der Waals surface area contributed by atoms with E-state index in [4.69, 9.17) is 49.1 Å². The van der Waals surface area contributed by atoms with E-state index in [1.165, 1.54) is 14.2 Å². The fourth-order valence-electron chi connectivity index (χ4n) is 3.24. The molecule has 0 unspecified atom stereocenters. The van der Waals surface area contributed by atoms with Crippen molar-refractivity contribution in [2.75, 3.05) is 25.7 Å². The van der Waals surface area contributed by atoms with Gasteiger partial charge in [-0.15, -0.1) is 0 Å². The van der Waals surface area contributed by atoms with Crippen LogP contribution in [0.2, 0.25) is 10.0 Å². The number of nitrogens with zero attached hydrogens (tertiary/aromatic N) is 4. The fourth-order valence-corrected chi connectivity index (χ4v) is 3.94. The summed E-state index contributed by atoms with van der Waals surface area (Å²) in [4.78, 5) is 13.1. The minimum absolute atomic E-state index is 0.117. The molecule has 0 bridgehead atoms. The molecule has 0 aliphatic carbocycles. The molecule has 2 heterocycles. The number of aromatic nitrogens is 3. The molecule has 0 amide bonds. The van der Waals surface area contributed by atoms with Gasteiger partial charge in [0, 0.05) is 28.9 Å². The highest BCUT2D eigenvalue weighted by atomic mass is 35.5. The summed E-state index contributed by atoms with van der Waals surface area (Å²) in [6.07, 6.45) is 1.60. The molecule has 0 saturated heterocycles. The Bertz CT molecular complexity index is 1290. The lowest BCUT2D eigenvalue weighted by Crippen LogP contribution is -1.99. The number of anilines is 2. The number of hydrogen-bond acceptors (Lipinski definition) is 7. The van der Waals surface area contributed by atoms with Gasteiger partial charge < -0.3 is 31.2 Å². The first-order valence-corrected chi connectivity index (χ1v) is 10.2. The lowest BCUT2D eigenvalue weighted by molar-refractivity contribution is 0.395. The van der Waals surface area contributed by atoms with E-state index < -0.39 is 0 Å². The van der Waals surface area contributed by atoms with Crippen LogP contribution in [0.25, 0.3) is 27.5 Å². The van der Waals surface area contributed by atoms with Crippen LogP contribution in [0.1, 0.15) is 5.56 Å². The van der Waals surface area contributed by atoms with E-state index in [1.54, 1.807) is 18.3 Å². The maximum absolute atomic E-state index is 6.60. The molecule has 4 rings (SSSR count). The van der Waals surface area contributed by atoms with Gasteiger partial charge in [0.25, 0.3) is 0 Å². The summed E-state index contributed by atoms with van der Waals surface area (Å²) in [6, 6.07) is 10.8. The number of nitrogens with two attached hydrogens (primary N) is 2. The Morgan fingerprint density at radius 3 is 2.34 bits per heavy atom. The van der Waals surface area contributed by atoms with Gasteiger partial charge in [0.1, 0.15) is 11.5 Å². The summed E-state index contributed by atoms with van der Waals surface area (Å²) in [5.74, 6) is 1.28. The normalized spacial score (nSPS) is 10.9. The highest BCUT2D eigenvalue weighted by Crippen LogP contribution is 2.46. The standard InChI is InChI=1S/C22H19Cl2N6O2/c1-31-15-8-16(32-2)19(24)17(18(15)23)14-7-12-10-28-22(26)30-20(12)21(29-14)27-9-11-4-3-5-13(25)6-11/h3-8,10H,9,25H2,1-2H3,(H2-,26,27,28,29,30)/q-1. The number of nitrogen functional groups attached to an aromatic ring is 2. The summed E-state index contributed by atoms with van der Waals surface area (Å²) in [7, 11) is 3.02. The van der Waals surface area contributed by atoms with Gasteiger partial charge in [-0.25, -0.2) is 9.97 Å². The molecule has 164 valence electrons. The van der Waals surface area contributed by atoms with Crippen LogP contribution in [0, 0.1) is 0 Å². The third-order valence-electron chi connectivity index (χ3n) is 4.76. The molecular formula is C22H19Cl2N6O2-. The van der Waals surface area contributed by atoms with Crippen LogP contribution < -0.4 is 20.9 Å². The van der Waals surface area contributed by atoms with Crippen LogP contribution in [-0.4, -0.2) is 29.2 Å². The fraction of sp³-hybridized carbons (Fsp3) is 0.136. The van der Waals surface area contributed by atoms with Crippen molar-refractivity contribution in [2.24, 2.45) is 0 Å². The molecular weight excluding hydrogens is 451 g/mol. The Morgan fingerprint density at radius 1 is 0.969 bits per heavy atom. The summed E-state index contributed by atoms with van der Waals surface area (Å²) < 4.78 is 10.8. The predicted octanol–water partition coefficient (Wildman–Crippen LogP) is 5.39. The first kappa shape index (κ1) is 21.7.